The smallest absolute Gasteiger partial charge is 0.166 e. The van der Waals surface area contributed by atoms with Gasteiger partial charge >= 0.3 is 0 Å². The van der Waals surface area contributed by atoms with Gasteiger partial charge in [-0.1, -0.05) is 0 Å². The van der Waals surface area contributed by atoms with Gasteiger partial charge < -0.3 is 9.97 Å². The number of pyridine rings is 4. The monoisotopic (exact) mass is 518 g/mol. The van der Waals surface area contributed by atoms with Crippen LogP contribution in [0.25, 0.3) is 89.7 Å². The summed E-state index contributed by atoms with van der Waals surface area (Å²) in [5.41, 5.74) is 5.55. The Morgan fingerprint density at radius 1 is 0.350 bits per heavy atom. The molecule has 0 aromatic carbocycles. The Morgan fingerprint density at radius 3 is 1.20 bits per heavy atom. The SMILES string of the molecule is c1cc2c(cn1)-c1nc-2nc2[nH]c(nc3nc(nc4[nH]c(n1)c1cnccc41)-c1ccncc1-3)c1cnccc21. The molecule has 0 aliphatic carbocycles. The number of rotatable bonds is 0. The number of fused-ring (bicyclic) bond motifs is 20. The molecule has 9 heterocycles. The van der Waals surface area contributed by atoms with E-state index in [0.717, 1.165) is 43.8 Å². The topological polar surface area (TPSA) is 160 Å². The van der Waals surface area contributed by atoms with Crippen LogP contribution in [0.2, 0.25) is 0 Å². The van der Waals surface area contributed by atoms with E-state index in [9.17, 15) is 0 Å². The van der Waals surface area contributed by atoms with Crippen molar-refractivity contribution < 1.29 is 0 Å². The summed E-state index contributed by atoms with van der Waals surface area (Å²) in [7, 11) is 0. The molecule has 12 heteroatoms. The molecule has 40 heavy (non-hydrogen) atoms. The van der Waals surface area contributed by atoms with Crippen LogP contribution in [0.15, 0.2) is 73.8 Å². The molecule has 0 spiro atoms. The van der Waals surface area contributed by atoms with Crippen molar-refractivity contribution >= 4 is 44.1 Å². The summed E-state index contributed by atoms with van der Waals surface area (Å²) < 4.78 is 0. The van der Waals surface area contributed by atoms with Crippen molar-refractivity contribution in [1.29, 1.82) is 0 Å². The summed E-state index contributed by atoms with van der Waals surface area (Å²) in [6.45, 7) is 0. The van der Waals surface area contributed by atoms with Crippen LogP contribution in [0.5, 0.6) is 0 Å². The van der Waals surface area contributed by atoms with Gasteiger partial charge in [-0.3, -0.25) is 19.9 Å². The van der Waals surface area contributed by atoms with Crippen LogP contribution in [0.4, 0.5) is 0 Å². The largest absolute Gasteiger partial charge is 0.324 e. The molecule has 0 saturated heterocycles. The fourth-order valence-corrected chi connectivity index (χ4v) is 5.17. The first-order chi connectivity index (χ1) is 19.8. The predicted molar refractivity (Wildman–Crippen MR) is 147 cm³/mol. The Hall–Kier alpha value is -6.04. The van der Waals surface area contributed by atoms with E-state index in [-0.39, 0.29) is 0 Å². The fourth-order valence-electron chi connectivity index (χ4n) is 5.17. The van der Waals surface area contributed by atoms with E-state index in [1.807, 2.05) is 24.3 Å². The number of aromatic nitrogens is 12. The molecular formula is C28H14N12. The van der Waals surface area contributed by atoms with E-state index in [1.165, 1.54) is 0 Å². The number of hydrogen-bond donors (Lipinski definition) is 2. The maximum absolute atomic E-state index is 4.93. The van der Waals surface area contributed by atoms with E-state index in [1.54, 1.807) is 49.6 Å². The van der Waals surface area contributed by atoms with Gasteiger partial charge in [0.15, 0.2) is 23.3 Å². The van der Waals surface area contributed by atoms with E-state index >= 15 is 0 Å². The van der Waals surface area contributed by atoms with E-state index < -0.39 is 0 Å². The molecule has 12 nitrogen and oxygen atoms in total. The molecule has 0 saturated carbocycles. The summed E-state index contributed by atoms with van der Waals surface area (Å²) in [5, 5.41) is 3.31. The van der Waals surface area contributed by atoms with E-state index in [0.29, 0.717) is 45.9 Å². The average molecular weight is 519 g/mol. The first-order valence-electron chi connectivity index (χ1n) is 12.4. The predicted octanol–water partition coefficient (Wildman–Crippen LogP) is 4.45. The second-order valence-electron chi connectivity index (χ2n) is 9.29. The minimum atomic E-state index is 0.486. The molecule has 9 rings (SSSR count). The highest BCUT2D eigenvalue weighted by Crippen LogP contribution is 2.35. The Morgan fingerprint density at radius 2 is 0.725 bits per heavy atom. The lowest BCUT2D eigenvalue weighted by atomic mass is 10.1. The van der Waals surface area contributed by atoms with Crippen molar-refractivity contribution in [2.75, 3.05) is 0 Å². The van der Waals surface area contributed by atoms with Crippen molar-refractivity contribution in [3.05, 3.63) is 73.8 Å². The van der Waals surface area contributed by atoms with Crippen molar-refractivity contribution in [2.24, 2.45) is 0 Å². The zero-order valence-corrected chi connectivity index (χ0v) is 20.4. The van der Waals surface area contributed by atoms with Crippen LogP contribution in [-0.4, -0.2) is 59.8 Å². The van der Waals surface area contributed by atoms with Crippen molar-refractivity contribution in [1.82, 2.24) is 59.8 Å². The number of nitrogens with zero attached hydrogens (tertiary/aromatic N) is 10. The Balaban J connectivity index is 1.51. The molecule has 0 unspecified atom stereocenters. The number of nitrogens with one attached hydrogen (secondary N) is 2. The standard InChI is InChI=1S/C28H14N12/c1-5-29-9-17-13(1)21-33-22-14-2-6-30-10-18(14)27(36-22)40-28-20-12-32-8-4-16(20)24(38-28)34-23-15-3-7-31-11-19(15)26(37-23)39-25(17)35-21/h1-12H,(H2,33,34,35,36,37,38,39,40). The average Bonchev–Trinajstić information content (AvgIpc) is 3.73. The maximum atomic E-state index is 4.93. The summed E-state index contributed by atoms with van der Waals surface area (Å²) in [6.07, 6.45) is 13.9. The molecule has 2 aliphatic rings. The molecule has 0 atom stereocenters. The Labute approximate surface area is 223 Å². The van der Waals surface area contributed by atoms with Gasteiger partial charge in [0.1, 0.15) is 22.6 Å². The number of hydrogen-bond acceptors (Lipinski definition) is 10. The van der Waals surface area contributed by atoms with Crippen LogP contribution in [-0.2, 0) is 0 Å². The van der Waals surface area contributed by atoms with Crippen molar-refractivity contribution in [2.45, 2.75) is 0 Å². The molecule has 7 aromatic heterocycles. The third kappa shape index (κ3) is 2.95. The molecule has 8 bridgehead atoms. The molecule has 2 aliphatic heterocycles. The normalized spacial score (nSPS) is 12.0. The van der Waals surface area contributed by atoms with Gasteiger partial charge in [0.25, 0.3) is 0 Å². The zero-order valence-electron chi connectivity index (χ0n) is 20.4. The summed E-state index contributed by atoms with van der Waals surface area (Å²) >= 11 is 0. The second-order valence-corrected chi connectivity index (χ2v) is 9.29. The Kier molecular flexibility index (Phi) is 4.05. The second kappa shape index (κ2) is 7.74. The third-order valence-electron chi connectivity index (χ3n) is 7.04. The minimum Gasteiger partial charge on any atom is -0.324 e. The summed E-state index contributed by atoms with van der Waals surface area (Å²) in [6, 6.07) is 7.56. The van der Waals surface area contributed by atoms with Gasteiger partial charge in [-0.15, -0.1) is 0 Å². The van der Waals surface area contributed by atoms with Gasteiger partial charge in [-0.25, -0.2) is 29.9 Å². The highest BCUT2D eigenvalue weighted by molar-refractivity contribution is 6.05. The highest BCUT2D eigenvalue weighted by Gasteiger charge is 2.22. The lowest BCUT2D eigenvalue weighted by molar-refractivity contribution is 1.19. The molecule has 2 N–H and O–H groups in total. The molecule has 7 aromatic rings. The Bertz CT molecular complexity index is 2030. The van der Waals surface area contributed by atoms with Crippen LogP contribution in [0, 0.1) is 0 Å². The first kappa shape index (κ1) is 21.0. The van der Waals surface area contributed by atoms with Crippen LogP contribution >= 0.6 is 0 Å². The fraction of sp³-hybridized carbons (Fsp3) is 0. The van der Waals surface area contributed by atoms with Gasteiger partial charge in [0.05, 0.1) is 0 Å². The third-order valence-corrected chi connectivity index (χ3v) is 7.04. The van der Waals surface area contributed by atoms with Crippen LogP contribution in [0.3, 0.4) is 0 Å². The van der Waals surface area contributed by atoms with Crippen molar-refractivity contribution in [3.8, 4) is 45.6 Å². The van der Waals surface area contributed by atoms with Crippen LogP contribution in [0.1, 0.15) is 0 Å². The van der Waals surface area contributed by atoms with Gasteiger partial charge in [0.2, 0.25) is 0 Å². The van der Waals surface area contributed by atoms with E-state index in [4.69, 9.17) is 29.9 Å². The molecule has 0 amide bonds. The lowest BCUT2D eigenvalue weighted by Crippen LogP contribution is -1.83. The van der Waals surface area contributed by atoms with Gasteiger partial charge in [-0.05, 0) is 24.3 Å². The highest BCUT2D eigenvalue weighted by atomic mass is 15.1. The van der Waals surface area contributed by atoms with Gasteiger partial charge in [0, 0.05) is 93.4 Å². The maximum Gasteiger partial charge on any atom is 0.166 e. The van der Waals surface area contributed by atoms with E-state index in [2.05, 4.69) is 29.9 Å². The molecule has 186 valence electrons. The quantitative estimate of drug-likeness (QED) is 0.293. The lowest BCUT2D eigenvalue weighted by Gasteiger charge is -1.95. The molecule has 0 fully saturated rings. The molecule has 0 radical (unpaired) electrons. The zero-order chi connectivity index (χ0) is 26.2. The summed E-state index contributed by atoms with van der Waals surface area (Å²) in [4.78, 5) is 53.4. The van der Waals surface area contributed by atoms with Crippen LogP contribution < -0.4 is 0 Å². The van der Waals surface area contributed by atoms with Gasteiger partial charge in [-0.2, -0.15) is 0 Å². The summed E-state index contributed by atoms with van der Waals surface area (Å²) in [5.74, 6) is 1.99. The number of aromatic amines is 2. The minimum absolute atomic E-state index is 0.486. The number of H-pyrrole nitrogens is 2. The van der Waals surface area contributed by atoms with Crippen molar-refractivity contribution in [3.63, 3.8) is 0 Å². The first-order valence-corrected chi connectivity index (χ1v) is 12.4. The molecular weight excluding hydrogens is 504 g/mol.